The fourth-order valence-electron chi connectivity index (χ4n) is 6.35. The number of aromatic nitrogens is 5. The first-order valence-corrected chi connectivity index (χ1v) is 18.3. The summed E-state index contributed by atoms with van der Waals surface area (Å²) in [5.41, 5.74) is -1.62. The number of hydrogen-bond acceptors (Lipinski definition) is 8. The third-order valence-electron chi connectivity index (χ3n) is 9.46. The number of amides is 1. The molecule has 48 heavy (non-hydrogen) atoms. The fourth-order valence-corrected chi connectivity index (χ4v) is 7.51. The molecule has 0 aromatic carbocycles. The van der Waals surface area contributed by atoms with Gasteiger partial charge in [0.2, 0.25) is 5.88 Å². The SMILES string of the molecule is CCCCN1CC(CCCCn2cc(S(=O)(=O)NC(=O)c3ccc(-n4ccc(OCCC5(C(F)(F)F)CC5)n4)nc3Cl)cn2)CC1(C)C. The van der Waals surface area contributed by atoms with Crippen LogP contribution in [0.2, 0.25) is 5.15 Å². The quantitative estimate of drug-likeness (QED) is 0.133. The third-order valence-corrected chi connectivity index (χ3v) is 11.0. The van der Waals surface area contributed by atoms with Crippen LogP contribution in [0, 0.1) is 11.3 Å². The van der Waals surface area contributed by atoms with E-state index in [1.54, 1.807) is 4.68 Å². The smallest absolute Gasteiger partial charge is 0.394 e. The Labute approximate surface area is 284 Å². The van der Waals surface area contributed by atoms with E-state index in [1.807, 2.05) is 4.72 Å². The van der Waals surface area contributed by atoms with Crippen molar-refractivity contribution in [2.24, 2.45) is 11.3 Å². The summed E-state index contributed by atoms with van der Waals surface area (Å²) in [7, 11) is -4.24. The van der Waals surface area contributed by atoms with Crippen molar-refractivity contribution < 1.29 is 31.1 Å². The molecule has 1 aliphatic carbocycles. The van der Waals surface area contributed by atoms with Crippen molar-refractivity contribution in [1.29, 1.82) is 0 Å². The lowest BCUT2D eigenvalue weighted by Gasteiger charge is -2.31. The minimum absolute atomic E-state index is 0.0966. The first-order valence-electron chi connectivity index (χ1n) is 16.4. The van der Waals surface area contributed by atoms with Crippen LogP contribution in [0.1, 0.15) is 88.9 Å². The highest BCUT2D eigenvalue weighted by molar-refractivity contribution is 7.90. The molecule has 4 heterocycles. The molecule has 1 N–H and O–H groups in total. The lowest BCUT2D eigenvalue weighted by Crippen LogP contribution is -2.38. The summed E-state index contributed by atoms with van der Waals surface area (Å²) in [4.78, 5) is 19.5. The Morgan fingerprint density at radius 2 is 1.92 bits per heavy atom. The molecule has 3 aromatic heterocycles. The van der Waals surface area contributed by atoms with Gasteiger partial charge in [0.15, 0.2) is 5.82 Å². The Kier molecular flexibility index (Phi) is 10.8. The highest BCUT2D eigenvalue weighted by Crippen LogP contribution is 2.59. The van der Waals surface area contributed by atoms with Crippen LogP contribution in [-0.2, 0) is 16.6 Å². The second-order valence-electron chi connectivity index (χ2n) is 13.5. The van der Waals surface area contributed by atoms with Crippen LogP contribution in [0.3, 0.4) is 0 Å². The van der Waals surface area contributed by atoms with Gasteiger partial charge in [0, 0.05) is 37.1 Å². The van der Waals surface area contributed by atoms with Gasteiger partial charge in [-0.3, -0.25) is 14.4 Å². The second kappa shape index (κ2) is 14.4. The number of hydrogen-bond donors (Lipinski definition) is 1. The van der Waals surface area contributed by atoms with Gasteiger partial charge in [-0.25, -0.2) is 22.8 Å². The number of likely N-dealkylation sites (tertiary alicyclic amines) is 1. The van der Waals surface area contributed by atoms with Crippen LogP contribution in [0.5, 0.6) is 5.88 Å². The summed E-state index contributed by atoms with van der Waals surface area (Å²) >= 11 is 6.24. The fraction of sp³-hybridized carbons (Fsp3) is 0.625. The maximum atomic E-state index is 13.1. The molecule has 2 aliphatic rings. The molecule has 3 aromatic rings. The number of aryl methyl sites for hydroxylation is 1. The van der Waals surface area contributed by atoms with Crippen molar-refractivity contribution >= 4 is 27.5 Å². The number of nitrogens with one attached hydrogen (secondary N) is 1. The van der Waals surface area contributed by atoms with Crippen LogP contribution >= 0.6 is 11.6 Å². The van der Waals surface area contributed by atoms with Crippen molar-refractivity contribution in [2.75, 3.05) is 19.7 Å². The molecule has 264 valence electrons. The standard InChI is InChI=1S/C32H43ClF3N7O4S/c1-4-5-15-41-21-23(19-30(41,2)3)8-6-7-16-42-22-24(20-37-42)48(45,46)40-29(44)25-9-10-26(38-28(25)33)43-17-11-27(39-43)47-18-14-31(12-13-31)32(34,35)36/h9-11,17,20,22-23H,4-8,12-16,18-19,21H2,1-3H3,(H,40,44). The molecule has 11 nitrogen and oxygen atoms in total. The second-order valence-corrected chi connectivity index (χ2v) is 15.6. The Morgan fingerprint density at radius 3 is 2.60 bits per heavy atom. The Balaban J connectivity index is 1.09. The number of ether oxygens (including phenoxy) is 1. The number of alkyl halides is 3. The van der Waals surface area contributed by atoms with Crippen molar-refractivity contribution in [3.63, 3.8) is 0 Å². The minimum atomic E-state index is -4.25. The van der Waals surface area contributed by atoms with Crippen LogP contribution in [-0.4, -0.2) is 75.2 Å². The molecule has 1 aliphatic heterocycles. The molecular weight excluding hydrogens is 671 g/mol. The number of carbonyl (C=O) groups excluding carboxylic acids is 1. The number of nitrogens with zero attached hydrogens (tertiary/aromatic N) is 6. The van der Waals surface area contributed by atoms with Gasteiger partial charge >= 0.3 is 6.18 Å². The van der Waals surface area contributed by atoms with Gasteiger partial charge in [0.05, 0.1) is 23.8 Å². The summed E-state index contributed by atoms with van der Waals surface area (Å²) < 4.78 is 75.6. The molecular formula is C32H43ClF3N7O4S. The van der Waals surface area contributed by atoms with E-state index in [0.29, 0.717) is 12.5 Å². The van der Waals surface area contributed by atoms with E-state index in [0.717, 1.165) is 32.4 Å². The van der Waals surface area contributed by atoms with Crippen molar-refractivity contribution in [1.82, 2.24) is 34.2 Å². The largest absolute Gasteiger partial charge is 0.477 e. The van der Waals surface area contributed by atoms with E-state index in [9.17, 15) is 26.4 Å². The minimum Gasteiger partial charge on any atom is -0.477 e. The molecule has 1 saturated carbocycles. The zero-order chi connectivity index (χ0) is 34.7. The predicted octanol–water partition coefficient (Wildman–Crippen LogP) is 6.42. The maximum absolute atomic E-state index is 13.1. The van der Waals surface area contributed by atoms with Gasteiger partial charge in [-0.1, -0.05) is 31.4 Å². The summed E-state index contributed by atoms with van der Waals surface area (Å²) in [6.07, 6.45) is 6.43. The van der Waals surface area contributed by atoms with E-state index < -0.39 is 27.5 Å². The van der Waals surface area contributed by atoms with Gasteiger partial charge in [-0.15, -0.1) is 5.10 Å². The zero-order valence-electron chi connectivity index (χ0n) is 27.5. The molecule has 0 radical (unpaired) electrons. The predicted molar refractivity (Wildman–Crippen MR) is 174 cm³/mol. The third kappa shape index (κ3) is 8.51. The molecule has 0 bridgehead atoms. The van der Waals surface area contributed by atoms with Crippen molar-refractivity contribution in [2.45, 2.75) is 102 Å². The Morgan fingerprint density at radius 1 is 1.15 bits per heavy atom. The van der Waals surface area contributed by atoms with E-state index in [1.165, 1.54) is 60.7 Å². The molecule has 0 spiro atoms. The zero-order valence-corrected chi connectivity index (χ0v) is 29.0. The molecule has 1 amide bonds. The van der Waals surface area contributed by atoms with Gasteiger partial charge in [-0.05, 0) is 83.4 Å². The van der Waals surface area contributed by atoms with E-state index in [2.05, 4.69) is 40.9 Å². The molecule has 1 atom stereocenters. The number of sulfonamides is 1. The average molecular weight is 714 g/mol. The van der Waals surface area contributed by atoms with Gasteiger partial charge < -0.3 is 4.74 Å². The van der Waals surface area contributed by atoms with E-state index in [-0.39, 0.29) is 58.7 Å². The lowest BCUT2D eigenvalue weighted by atomic mass is 9.93. The summed E-state index contributed by atoms with van der Waals surface area (Å²) in [6.45, 7) is 9.53. The normalized spacial score (nSPS) is 19.0. The number of rotatable bonds is 16. The molecule has 5 rings (SSSR count). The number of unbranched alkanes of at least 4 members (excludes halogenated alkanes) is 2. The van der Waals surface area contributed by atoms with Gasteiger partial charge in [-0.2, -0.15) is 18.3 Å². The van der Waals surface area contributed by atoms with Crippen LogP contribution < -0.4 is 9.46 Å². The maximum Gasteiger partial charge on any atom is 0.394 e. The highest BCUT2D eigenvalue weighted by Gasteiger charge is 2.62. The lowest BCUT2D eigenvalue weighted by molar-refractivity contribution is -0.190. The topological polar surface area (TPSA) is 124 Å². The summed E-state index contributed by atoms with van der Waals surface area (Å²) in [5.74, 6) is -0.0229. The van der Waals surface area contributed by atoms with Gasteiger partial charge in [0.1, 0.15) is 10.0 Å². The molecule has 1 saturated heterocycles. The summed E-state index contributed by atoms with van der Waals surface area (Å²) in [6, 6.07) is 4.17. The van der Waals surface area contributed by atoms with Gasteiger partial charge in [0.25, 0.3) is 15.9 Å². The first-order chi connectivity index (χ1) is 22.6. The Hall–Kier alpha value is -3.17. The number of halogens is 4. The molecule has 1 unspecified atom stereocenters. The highest BCUT2D eigenvalue weighted by atomic mass is 35.5. The number of carbonyl (C=O) groups is 1. The average Bonchev–Trinajstić information content (AvgIpc) is 3.31. The van der Waals surface area contributed by atoms with Crippen LogP contribution in [0.4, 0.5) is 13.2 Å². The van der Waals surface area contributed by atoms with Crippen LogP contribution in [0.15, 0.2) is 41.7 Å². The Bertz CT molecular complexity index is 1690. The van der Waals surface area contributed by atoms with Crippen molar-refractivity contribution in [3.8, 4) is 11.7 Å². The monoisotopic (exact) mass is 713 g/mol. The van der Waals surface area contributed by atoms with E-state index >= 15 is 0 Å². The molecule has 2 fully saturated rings. The summed E-state index contributed by atoms with van der Waals surface area (Å²) in [5, 5.41) is 8.06. The molecule has 16 heteroatoms. The van der Waals surface area contributed by atoms with Crippen LogP contribution in [0.25, 0.3) is 5.82 Å². The van der Waals surface area contributed by atoms with E-state index in [4.69, 9.17) is 16.3 Å². The van der Waals surface area contributed by atoms with Crippen molar-refractivity contribution in [3.05, 3.63) is 47.5 Å². The number of pyridine rings is 1. The first kappa shape index (κ1) is 36.1.